The molecule has 0 bridgehead atoms. The topological polar surface area (TPSA) is 61.3 Å². The molecule has 8 unspecified atom stereocenters. The first-order valence-corrected chi connectivity index (χ1v) is 16.0. The van der Waals surface area contributed by atoms with Crippen LogP contribution in [-0.2, 0) is 0 Å². The maximum atomic E-state index is 6.64. The number of allylic oxidation sites excluding steroid dienone is 3. The lowest BCUT2D eigenvalue weighted by Gasteiger charge is -2.61. The van der Waals surface area contributed by atoms with Crippen LogP contribution >= 0.6 is 0 Å². The fourth-order valence-electron chi connectivity index (χ4n) is 10.5. The van der Waals surface area contributed by atoms with E-state index in [1.54, 1.807) is 11.6 Å². The van der Waals surface area contributed by atoms with Crippen molar-refractivity contribution in [2.45, 2.75) is 119 Å². The Hall–Kier alpha value is -1.90. The van der Waals surface area contributed by atoms with Crippen LogP contribution in [0.25, 0.3) is 0 Å². The second-order valence-corrected chi connectivity index (χ2v) is 15.3. The highest BCUT2D eigenvalue weighted by Gasteiger charge is 2.61. The van der Waals surface area contributed by atoms with Crippen molar-refractivity contribution in [3.63, 3.8) is 0 Å². The second kappa shape index (κ2) is 10.5. The highest BCUT2D eigenvalue weighted by atomic mass is 16.5. The molecular weight excluding hydrogens is 476 g/mol. The summed E-state index contributed by atoms with van der Waals surface area (Å²) in [7, 11) is 0. The van der Waals surface area contributed by atoms with Crippen LogP contribution in [-0.4, -0.2) is 6.10 Å². The minimum absolute atomic E-state index is 0.00387. The number of hydrogen-bond acceptors (Lipinski definition) is 3. The van der Waals surface area contributed by atoms with Crippen molar-refractivity contribution in [1.29, 1.82) is 0 Å². The summed E-state index contributed by atoms with van der Waals surface area (Å²) in [6, 6.07) is 5.65. The van der Waals surface area contributed by atoms with E-state index in [2.05, 4.69) is 60.6 Å². The lowest BCUT2D eigenvalue weighted by atomic mass is 9.44. The van der Waals surface area contributed by atoms with Crippen molar-refractivity contribution in [1.82, 2.24) is 0 Å². The molecule has 1 aromatic rings. The lowest BCUT2D eigenvalue weighted by Crippen LogP contribution is -2.55. The number of nitrogen functional groups attached to an aromatic ring is 2. The Labute approximate surface area is 239 Å². The Kier molecular flexibility index (Phi) is 7.70. The molecular formula is C36H56N2O. The molecule has 4 N–H and O–H groups in total. The van der Waals surface area contributed by atoms with E-state index in [4.69, 9.17) is 16.2 Å². The van der Waals surface area contributed by atoms with Gasteiger partial charge in [-0.3, -0.25) is 0 Å². The summed E-state index contributed by atoms with van der Waals surface area (Å²) in [5, 5.41) is 0. The maximum absolute atomic E-state index is 6.64. The Morgan fingerprint density at radius 2 is 1.69 bits per heavy atom. The number of unbranched alkanes of at least 4 members (excludes halogenated alkanes) is 1. The van der Waals surface area contributed by atoms with E-state index >= 15 is 0 Å². The van der Waals surface area contributed by atoms with Gasteiger partial charge >= 0.3 is 0 Å². The van der Waals surface area contributed by atoms with E-state index in [1.807, 2.05) is 12.1 Å². The molecule has 0 aliphatic heterocycles. The predicted octanol–water partition coefficient (Wildman–Crippen LogP) is 9.59. The Morgan fingerprint density at radius 1 is 0.974 bits per heavy atom. The molecule has 4 aliphatic carbocycles. The fraction of sp³-hybridized carbons (Fsp3) is 0.722. The molecule has 1 aromatic carbocycles. The molecule has 5 rings (SSSR count). The number of ether oxygens (including phenoxy) is 1. The molecule has 0 amide bonds. The van der Waals surface area contributed by atoms with Gasteiger partial charge in [-0.2, -0.15) is 0 Å². The number of fused-ring (bicyclic) bond motifs is 5. The molecule has 0 spiro atoms. The second-order valence-electron chi connectivity index (χ2n) is 15.3. The van der Waals surface area contributed by atoms with Gasteiger partial charge in [-0.1, -0.05) is 64.3 Å². The number of benzene rings is 1. The van der Waals surface area contributed by atoms with E-state index in [-0.39, 0.29) is 16.9 Å². The molecule has 0 saturated heterocycles. The Bertz CT molecular complexity index is 1090. The van der Waals surface area contributed by atoms with Crippen LogP contribution in [0.5, 0.6) is 5.75 Å². The standard InChI is InChI=1S/C36H56N2O/c1-23(2)10-8-9-11-24(3)29-13-14-30-28-12-15-32-34(4,5)33(39-27-21-25(37)20-26(38)22-27)17-19-36(32,7)31(28)16-18-35(29,30)6/h10,15,20-22,24,28-31,33H,8-9,11-14,16-19,37-38H2,1-7H3. The largest absolute Gasteiger partial charge is 0.489 e. The predicted molar refractivity (Wildman–Crippen MR) is 166 cm³/mol. The molecule has 0 heterocycles. The zero-order valence-corrected chi connectivity index (χ0v) is 26.0. The smallest absolute Gasteiger partial charge is 0.123 e. The van der Waals surface area contributed by atoms with Gasteiger partial charge in [0.05, 0.1) is 0 Å². The molecule has 3 nitrogen and oxygen atoms in total. The molecule has 3 fully saturated rings. The minimum atomic E-state index is -0.00387. The van der Waals surface area contributed by atoms with Gasteiger partial charge < -0.3 is 16.2 Å². The van der Waals surface area contributed by atoms with Crippen LogP contribution in [0.4, 0.5) is 11.4 Å². The lowest BCUT2D eigenvalue weighted by molar-refractivity contribution is -0.0740. The highest BCUT2D eigenvalue weighted by Crippen LogP contribution is 2.69. The third kappa shape index (κ3) is 5.06. The van der Waals surface area contributed by atoms with Crippen LogP contribution in [0.3, 0.4) is 0 Å². The molecule has 216 valence electrons. The average Bonchev–Trinajstić information content (AvgIpc) is 3.20. The summed E-state index contributed by atoms with van der Waals surface area (Å²) in [6.45, 7) is 17.2. The van der Waals surface area contributed by atoms with Crippen LogP contribution in [0.2, 0.25) is 0 Å². The van der Waals surface area contributed by atoms with Crippen molar-refractivity contribution >= 4 is 11.4 Å². The Morgan fingerprint density at radius 3 is 2.38 bits per heavy atom. The van der Waals surface area contributed by atoms with E-state index in [0.717, 1.165) is 41.8 Å². The van der Waals surface area contributed by atoms with Gasteiger partial charge in [-0.25, -0.2) is 0 Å². The number of rotatable bonds is 7. The normalized spacial score (nSPS) is 37.6. The molecule has 39 heavy (non-hydrogen) atoms. The summed E-state index contributed by atoms with van der Waals surface area (Å²) in [4.78, 5) is 0. The van der Waals surface area contributed by atoms with E-state index in [1.165, 1.54) is 63.4 Å². The summed E-state index contributed by atoms with van der Waals surface area (Å²) >= 11 is 0. The third-order valence-corrected chi connectivity index (χ3v) is 12.3. The van der Waals surface area contributed by atoms with Crippen molar-refractivity contribution in [2.75, 3.05) is 11.5 Å². The Balaban J connectivity index is 1.32. The first kappa shape index (κ1) is 28.6. The first-order chi connectivity index (χ1) is 18.4. The fourth-order valence-corrected chi connectivity index (χ4v) is 10.5. The average molecular weight is 533 g/mol. The van der Waals surface area contributed by atoms with Gasteiger partial charge in [0.15, 0.2) is 0 Å². The van der Waals surface area contributed by atoms with Crippen molar-refractivity contribution in [2.24, 2.45) is 45.8 Å². The third-order valence-electron chi connectivity index (χ3n) is 12.3. The minimum Gasteiger partial charge on any atom is -0.489 e. The van der Waals surface area contributed by atoms with Crippen molar-refractivity contribution in [3.8, 4) is 5.75 Å². The first-order valence-electron chi connectivity index (χ1n) is 16.0. The quantitative estimate of drug-likeness (QED) is 0.209. The number of anilines is 2. The van der Waals surface area contributed by atoms with Crippen LogP contribution in [0.15, 0.2) is 41.5 Å². The monoisotopic (exact) mass is 532 g/mol. The molecule has 3 saturated carbocycles. The van der Waals surface area contributed by atoms with Crippen molar-refractivity contribution < 1.29 is 4.74 Å². The van der Waals surface area contributed by atoms with Gasteiger partial charge in [0.1, 0.15) is 11.9 Å². The van der Waals surface area contributed by atoms with Gasteiger partial charge in [-0.05, 0) is 118 Å². The summed E-state index contributed by atoms with van der Waals surface area (Å²) < 4.78 is 6.64. The van der Waals surface area contributed by atoms with Gasteiger partial charge in [0.25, 0.3) is 0 Å². The SMILES string of the molecule is CC(C)=CCCCC(C)C1CCC2C3CC=C4C(C)(C)C(Oc5cc(N)cc(N)c5)CCC4(C)C3CCC12C. The number of hydrogen-bond donors (Lipinski definition) is 2. The van der Waals surface area contributed by atoms with E-state index < -0.39 is 0 Å². The zero-order chi connectivity index (χ0) is 28.2. The summed E-state index contributed by atoms with van der Waals surface area (Å²) in [6.07, 6.45) is 18.5. The molecule has 0 aromatic heterocycles. The summed E-state index contributed by atoms with van der Waals surface area (Å²) in [5.41, 5.74) is 17.4. The van der Waals surface area contributed by atoms with E-state index in [0.29, 0.717) is 16.8 Å². The van der Waals surface area contributed by atoms with Crippen LogP contribution in [0, 0.1) is 45.8 Å². The zero-order valence-electron chi connectivity index (χ0n) is 26.0. The van der Waals surface area contributed by atoms with E-state index in [9.17, 15) is 0 Å². The van der Waals surface area contributed by atoms with Gasteiger partial charge in [0, 0.05) is 28.9 Å². The molecule has 4 aliphatic rings. The summed E-state index contributed by atoms with van der Waals surface area (Å²) in [5.74, 6) is 5.11. The van der Waals surface area contributed by atoms with Gasteiger partial charge in [-0.15, -0.1) is 0 Å². The highest BCUT2D eigenvalue weighted by molar-refractivity contribution is 5.56. The number of nitrogens with two attached hydrogens (primary N) is 2. The van der Waals surface area contributed by atoms with Gasteiger partial charge in [0.2, 0.25) is 0 Å². The van der Waals surface area contributed by atoms with Crippen LogP contribution in [0.1, 0.15) is 113 Å². The maximum Gasteiger partial charge on any atom is 0.123 e. The molecule has 0 radical (unpaired) electrons. The van der Waals surface area contributed by atoms with Crippen molar-refractivity contribution in [3.05, 3.63) is 41.5 Å². The molecule has 8 atom stereocenters. The molecule has 3 heteroatoms. The van der Waals surface area contributed by atoms with Crippen LogP contribution < -0.4 is 16.2 Å².